The third-order valence-electron chi connectivity index (χ3n) is 4.03. The average molecular weight is 404 g/mol. The van der Waals surface area contributed by atoms with Crippen LogP contribution >= 0.6 is 23.2 Å². The molecule has 2 aliphatic rings. The average Bonchev–Trinajstić information content (AvgIpc) is 2.81. The highest BCUT2D eigenvalue weighted by molar-refractivity contribution is 7.95. The minimum Gasteiger partial charge on any atom is -0.462 e. The number of nitrogens with two attached hydrogens (primary N) is 1. The minimum absolute atomic E-state index is 0.00831. The van der Waals surface area contributed by atoms with Crippen molar-refractivity contribution in [1.82, 2.24) is 0 Å². The fraction of sp³-hybridized carbons (Fsp3) is 0.312. The van der Waals surface area contributed by atoms with Crippen molar-refractivity contribution in [1.29, 1.82) is 0 Å². The standard InChI is InChI=1S/C16H15Cl2NO5S/c1-2-23-16(20)13-12(9-4-3-8(17)7-10(9)18)14-11(24-15(13)19)5-6-25(14,21)22/h3-4,7,12H,2,5-6,19H2,1H3. The third kappa shape index (κ3) is 3.12. The number of hydrogen-bond acceptors (Lipinski definition) is 6. The normalized spacial score (nSPS) is 21.8. The van der Waals surface area contributed by atoms with Crippen molar-refractivity contribution >= 4 is 39.0 Å². The Hall–Kier alpha value is -1.70. The van der Waals surface area contributed by atoms with Crippen molar-refractivity contribution in [3.8, 4) is 0 Å². The summed E-state index contributed by atoms with van der Waals surface area (Å²) in [6.45, 7) is 1.74. The monoisotopic (exact) mass is 403 g/mol. The molecule has 134 valence electrons. The number of carbonyl (C=O) groups is 1. The van der Waals surface area contributed by atoms with Gasteiger partial charge in [-0.25, -0.2) is 13.2 Å². The Morgan fingerprint density at radius 1 is 1.40 bits per heavy atom. The predicted octanol–water partition coefficient (Wildman–Crippen LogP) is 2.87. The van der Waals surface area contributed by atoms with Gasteiger partial charge in [0.25, 0.3) is 0 Å². The summed E-state index contributed by atoms with van der Waals surface area (Å²) in [7, 11) is -3.61. The van der Waals surface area contributed by atoms with Gasteiger partial charge in [-0.05, 0) is 24.6 Å². The van der Waals surface area contributed by atoms with Crippen molar-refractivity contribution in [2.75, 3.05) is 12.4 Å². The molecule has 0 fully saturated rings. The van der Waals surface area contributed by atoms with E-state index >= 15 is 0 Å². The van der Waals surface area contributed by atoms with Crippen LogP contribution in [0, 0.1) is 0 Å². The highest BCUT2D eigenvalue weighted by atomic mass is 35.5. The van der Waals surface area contributed by atoms with E-state index in [0.717, 1.165) is 0 Å². The van der Waals surface area contributed by atoms with Crippen LogP contribution in [0.4, 0.5) is 0 Å². The largest absolute Gasteiger partial charge is 0.462 e. The first-order valence-corrected chi connectivity index (χ1v) is 9.92. The molecule has 2 N–H and O–H groups in total. The van der Waals surface area contributed by atoms with Gasteiger partial charge in [0.2, 0.25) is 5.88 Å². The second-order valence-corrected chi connectivity index (χ2v) is 8.48. The minimum atomic E-state index is -3.61. The lowest BCUT2D eigenvalue weighted by Gasteiger charge is -2.27. The van der Waals surface area contributed by atoms with Crippen molar-refractivity contribution in [2.45, 2.75) is 19.3 Å². The van der Waals surface area contributed by atoms with Gasteiger partial charge in [0, 0.05) is 16.5 Å². The van der Waals surface area contributed by atoms with E-state index in [1.807, 2.05) is 0 Å². The Bertz CT molecular complexity index is 920. The van der Waals surface area contributed by atoms with Gasteiger partial charge in [-0.2, -0.15) is 0 Å². The van der Waals surface area contributed by atoms with Gasteiger partial charge in [0.1, 0.15) is 11.3 Å². The van der Waals surface area contributed by atoms with Gasteiger partial charge >= 0.3 is 5.97 Å². The zero-order chi connectivity index (χ0) is 18.4. The van der Waals surface area contributed by atoms with Crippen LogP contribution in [0.15, 0.2) is 40.3 Å². The van der Waals surface area contributed by atoms with Crippen molar-refractivity contribution < 1.29 is 22.7 Å². The SMILES string of the molecule is CCOC(=O)C1=C(N)OC2=C(C1c1ccc(Cl)cc1Cl)S(=O)(=O)CC2. The number of hydrogen-bond donors (Lipinski definition) is 1. The summed E-state index contributed by atoms with van der Waals surface area (Å²) < 4.78 is 35.6. The summed E-state index contributed by atoms with van der Waals surface area (Å²) in [5.41, 5.74) is 6.25. The van der Waals surface area contributed by atoms with Crippen molar-refractivity contribution in [3.63, 3.8) is 0 Å². The zero-order valence-corrected chi connectivity index (χ0v) is 15.5. The third-order valence-corrected chi connectivity index (χ3v) is 6.46. The van der Waals surface area contributed by atoms with Crippen LogP contribution < -0.4 is 5.73 Å². The molecule has 0 saturated heterocycles. The summed E-state index contributed by atoms with van der Waals surface area (Å²) in [5, 5.41) is 0.613. The van der Waals surface area contributed by atoms with E-state index in [0.29, 0.717) is 10.6 Å². The maximum absolute atomic E-state index is 12.6. The highest BCUT2D eigenvalue weighted by Crippen LogP contribution is 2.48. The van der Waals surface area contributed by atoms with Crippen LogP contribution in [-0.2, 0) is 24.1 Å². The van der Waals surface area contributed by atoms with Gasteiger partial charge in [-0.1, -0.05) is 29.3 Å². The first-order chi connectivity index (χ1) is 11.8. The lowest BCUT2D eigenvalue weighted by atomic mass is 9.88. The molecule has 2 aliphatic heterocycles. The molecule has 0 spiro atoms. The van der Waals surface area contributed by atoms with Crippen LogP contribution in [0.3, 0.4) is 0 Å². The molecular formula is C16H15Cl2NO5S. The van der Waals surface area contributed by atoms with Crippen molar-refractivity contribution in [2.24, 2.45) is 5.73 Å². The second kappa shape index (κ2) is 6.55. The van der Waals surface area contributed by atoms with Gasteiger partial charge in [-0.15, -0.1) is 0 Å². The van der Waals surface area contributed by atoms with Crippen molar-refractivity contribution in [3.05, 3.63) is 55.9 Å². The fourth-order valence-corrected chi connectivity index (χ4v) is 5.28. The zero-order valence-electron chi connectivity index (χ0n) is 13.2. The Morgan fingerprint density at radius 3 is 2.76 bits per heavy atom. The molecule has 1 aromatic carbocycles. The van der Waals surface area contributed by atoms with Crippen LogP contribution in [0.1, 0.15) is 24.8 Å². The van der Waals surface area contributed by atoms with E-state index in [-0.39, 0.29) is 45.9 Å². The maximum Gasteiger partial charge on any atom is 0.340 e. The number of carbonyl (C=O) groups excluding carboxylic acids is 1. The van der Waals surface area contributed by atoms with Gasteiger partial charge in [0.05, 0.1) is 23.2 Å². The molecule has 9 heteroatoms. The second-order valence-electron chi connectivity index (χ2n) is 5.56. The topological polar surface area (TPSA) is 95.7 Å². The summed E-state index contributed by atoms with van der Waals surface area (Å²) in [5.74, 6) is -1.78. The number of halogens is 2. The van der Waals surface area contributed by atoms with Gasteiger partial charge in [0.15, 0.2) is 9.84 Å². The quantitative estimate of drug-likeness (QED) is 0.779. The number of rotatable bonds is 3. The maximum atomic E-state index is 12.6. The molecular weight excluding hydrogens is 389 g/mol. The molecule has 0 aromatic heterocycles. The van der Waals surface area contributed by atoms with E-state index in [1.54, 1.807) is 19.1 Å². The Kier molecular flexibility index (Phi) is 4.74. The molecule has 3 rings (SSSR count). The molecule has 25 heavy (non-hydrogen) atoms. The summed E-state index contributed by atoms with van der Waals surface area (Å²) in [4.78, 5) is 12.5. The Labute approximate surface area is 155 Å². The Balaban J connectivity index is 2.25. The van der Waals surface area contributed by atoms with E-state index in [9.17, 15) is 13.2 Å². The smallest absolute Gasteiger partial charge is 0.340 e. The summed E-state index contributed by atoms with van der Waals surface area (Å²) in [6.07, 6.45) is 0.191. The Morgan fingerprint density at radius 2 is 2.12 bits per heavy atom. The fourth-order valence-electron chi connectivity index (χ4n) is 3.00. The molecule has 1 aromatic rings. The first kappa shape index (κ1) is 18.1. The summed E-state index contributed by atoms with van der Waals surface area (Å²) in [6, 6.07) is 4.62. The molecule has 1 unspecified atom stereocenters. The molecule has 0 aliphatic carbocycles. The number of sulfone groups is 1. The molecule has 0 amide bonds. The van der Waals surface area contributed by atoms with Crippen LogP contribution in [-0.4, -0.2) is 26.7 Å². The van der Waals surface area contributed by atoms with E-state index in [1.165, 1.54) is 6.07 Å². The van der Waals surface area contributed by atoms with E-state index in [4.69, 9.17) is 38.4 Å². The van der Waals surface area contributed by atoms with E-state index in [2.05, 4.69) is 0 Å². The van der Waals surface area contributed by atoms with Crippen LogP contribution in [0.2, 0.25) is 10.0 Å². The van der Waals surface area contributed by atoms with Gasteiger partial charge < -0.3 is 15.2 Å². The number of benzene rings is 1. The molecule has 0 bridgehead atoms. The highest BCUT2D eigenvalue weighted by Gasteiger charge is 2.46. The van der Waals surface area contributed by atoms with Gasteiger partial charge in [-0.3, -0.25) is 0 Å². The molecule has 6 nitrogen and oxygen atoms in total. The lowest BCUT2D eigenvalue weighted by Crippen LogP contribution is -2.28. The predicted molar refractivity (Wildman–Crippen MR) is 93.6 cm³/mol. The molecule has 0 radical (unpaired) electrons. The van der Waals surface area contributed by atoms with E-state index < -0.39 is 21.7 Å². The number of allylic oxidation sites excluding steroid dienone is 2. The number of ether oxygens (including phenoxy) is 2. The lowest BCUT2D eigenvalue weighted by molar-refractivity contribution is -0.139. The number of esters is 1. The van der Waals surface area contributed by atoms with Crippen LogP contribution in [0.5, 0.6) is 0 Å². The molecule has 1 atom stereocenters. The van der Waals surface area contributed by atoms with Crippen LogP contribution in [0.25, 0.3) is 0 Å². The first-order valence-electron chi connectivity index (χ1n) is 7.51. The summed E-state index contributed by atoms with van der Waals surface area (Å²) >= 11 is 12.2. The molecule has 0 saturated carbocycles. The molecule has 2 heterocycles.